The molecule has 5 aromatic heterocycles. The Kier molecular flexibility index (Phi) is 3.88. The number of nitrogens with zero attached hydrogens (tertiary/aromatic N) is 6. The van der Waals surface area contributed by atoms with Crippen LogP contribution < -0.4 is 5.32 Å². The minimum absolute atomic E-state index is 0.481. The third-order valence-electron chi connectivity index (χ3n) is 5.75. The van der Waals surface area contributed by atoms with Gasteiger partial charge in [-0.1, -0.05) is 0 Å². The van der Waals surface area contributed by atoms with Crippen LogP contribution in [0.4, 0.5) is 0 Å². The van der Waals surface area contributed by atoms with E-state index in [1.165, 1.54) is 0 Å². The van der Waals surface area contributed by atoms with E-state index in [4.69, 9.17) is 9.97 Å². The summed E-state index contributed by atoms with van der Waals surface area (Å²) in [5.74, 6) is 1.89. The summed E-state index contributed by atoms with van der Waals surface area (Å²) in [4.78, 5) is 22.0. The molecule has 0 saturated carbocycles. The highest BCUT2D eigenvalue weighted by atomic mass is 15.2. The zero-order valence-electron chi connectivity index (χ0n) is 16.6. The second kappa shape index (κ2) is 6.74. The summed E-state index contributed by atoms with van der Waals surface area (Å²) < 4.78 is 1.89. The van der Waals surface area contributed by atoms with E-state index in [2.05, 4.69) is 42.6 Å². The van der Waals surface area contributed by atoms with Crippen molar-refractivity contribution in [1.29, 1.82) is 0 Å². The molecular formula is C21H21N9. The first kappa shape index (κ1) is 17.3. The Hall–Kier alpha value is -3.59. The molecule has 150 valence electrons. The van der Waals surface area contributed by atoms with Gasteiger partial charge in [-0.2, -0.15) is 5.10 Å². The molecule has 0 unspecified atom stereocenters. The highest BCUT2D eigenvalue weighted by Crippen LogP contribution is 2.30. The van der Waals surface area contributed by atoms with Gasteiger partial charge in [-0.05, 0) is 51.1 Å². The fourth-order valence-corrected chi connectivity index (χ4v) is 4.18. The fraction of sp³-hybridized carbons (Fsp3) is 0.286. The Labute approximate surface area is 172 Å². The maximum absolute atomic E-state index is 4.98. The Bertz CT molecular complexity index is 1350. The number of nitrogens with one attached hydrogen (secondary N) is 3. The Morgan fingerprint density at radius 2 is 1.90 bits per heavy atom. The van der Waals surface area contributed by atoms with Gasteiger partial charge in [0.15, 0.2) is 17.3 Å². The van der Waals surface area contributed by atoms with Crippen molar-refractivity contribution in [3.8, 4) is 17.3 Å². The predicted molar refractivity (Wildman–Crippen MR) is 113 cm³/mol. The van der Waals surface area contributed by atoms with Crippen LogP contribution in [0.25, 0.3) is 39.4 Å². The molecule has 1 saturated heterocycles. The molecule has 9 heteroatoms. The zero-order chi connectivity index (χ0) is 20.1. The van der Waals surface area contributed by atoms with Crippen molar-refractivity contribution in [3.05, 3.63) is 48.3 Å². The smallest absolute Gasteiger partial charge is 0.166 e. The first-order valence-electron chi connectivity index (χ1n) is 10.2. The van der Waals surface area contributed by atoms with Gasteiger partial charge in [0.1, 0.15) is 17.4 Å². The molecule has 0 aromatic carbocycles. The second-order valence-corrected chi connectivity index (χ2v) is 7.77. The number of aryl methyl sites for hydroxylation is 1. The van der Waals surface area contributed by atoms with Gasteiger partial charge >= 0.3 is 0 Å². The van der Waals surface area contributed by atoms with Crippen molar-refractivity contribution >= 4 is 22.1 Å². The van der Waals surface area contributed by atoms with E-state index in [1.807, 2.05) is 23.8 Å². The minimum atomic E-state index is 0.481. The van der Waals surface area contributed by atoms with E-state index in [0.29, 0.717) is 11.7 Å². The maximum Gasteiger partial charge on any atom is 0.166 e. The van der Waals surface area contributed by atoms with Gasteiger partial charge in [-0.15, -0.1) is 0 Å². The van der Waals surface area contributed by atoms with Crippen molar-refractivity contribution in [2.75, 3.05) is 13.1 Å². The van der Waals surface area contributed by atoms with Crippen molar-refractivity contribution in [2.24, 2.45) is 0 Å². The van der Waals surface area contributed by atoms with Gasteiger partial charge in [0.25, 0.3) is 0 Å². The Morgan fingerprint density at radius 1 is 1.00 bits per heavy atom. The number of aromatic nitrogens is 8. The average molecular weight is 399 g/mol. The third kappa shape index (κ3) is 2.78. The molecular weight excluding hydrogens is 378 g/mol. The van der Waals surface area contributed by atoms with Crippen LogP contribution >= 0.6 is 0 Å². The molecule has 6 rings (SSSR count). The molecule has 0 bridgehead atoms. The van der Waals surface area contributed by atoms with Gasteiger partial charge in [0.2, 0.25) is 0 Å². The molecule has 0 amide bonds. The molecule has 6 heterocycles. The molecule has 0 spiro atoms. The van der Waals surface area contributed by atoms with Crippen LogP contribution in [0.2, 0.25) is 0 Å². The average Bonchev–Trinajstić information content (AvgIpc) is 3.51. The molecule has 0 atom stereocenters. The van der Waals surface area contributed by atoms with E-state index in [-0.39, 0.29) is 0 Å². The van der Waals surface area contributed by atoms with Crippen LogP contribution in [0.3, 0.4) is 0 Å². The molecule has 30 heavy (non-hydrogen) atoms. The monoisotopic (exact) mass is 399 g/mol. The number of fused-ring (bicyclic) bond motifs is 2. The van der Waals surface area contributed by atoms with E-state index in [1.54, 1.807) is 12.5 Å². The van der Waals surface area contributed by atoms with Gasteiger partial charge < -0.3 is 10.3 Å². The molecule has 9 nitrogen and oxygen atoms in total. The summed E-state index contributed by atoms with van der Waals surface area (Å²) in [6.45, 7) is 4.03. The van der Waals surface area contributed by atoms with E-state index in [9.17, 15) is 0 Å². The molecule has 1 aliphatic heterocycles. The zero-order valence-corrected chi connectivity index (χ0v) is 16.6. The van der Waals surface area contributed by atoms with Crippen molar-refractivity contribution in [3.63, 3.8) is 0 Å². The lowest BCUT2D eigenvalue weighted by atomic mass is 9.94. The molecule has 1 fully saturated rings. The number of rotatable bonds is 3. The van der Waals surface area contributed by atoms with E-state index < -0.39 is 0 Å². The van der Waals surface area contributed by atoms with Crippen LogP contribution in [0.15, 0.2) is 36.9 Å². The Balaban J connectivity index is 1.47. The molecule has 0 aliphatic carbocycles. The molecule has 1 aliphatic rings. The number of hydrogen-bond donors (Lipinski definition) is 3. The molecule has 0 radical (unpaired) electrons. The van der Waals surface area contributed by atoms with Crippen LogP contribution in [0, 0.1) is 6.92 Å². The van der Waals surface area contributed by atoms with Crippen LogP contribution in [-0.4, -0.2) is 52.8 Å². The number of pyridine rings is 2. The summed E-state index contributed by atoms with van der Waals surface area (Å²) in [6.07, 6.45) is 7.67. The number of hydrogen-bond acceptors (Lipinski definition) is 6. The van der Waals surface area contributed by atoms with E-state index >= 15 is 0 Å². The molecule has 3 N–H and O–H groups in total. The third-order valence-corrected chi connectivity index (χ3v) is 5.75. The van der Waals surface area contributed by atoms with Crippen LogP contribution in [0.5, 0.6) is 0 Å². The highest BCUT2D eigenvalue weighted by Gasteiger charge is 2.20. The predicted octanol–water partition coefficient (Wildman–Crippen LogP) is 2.86. The summed E-state index contributed by atoms with van der Waals surface area (Å²) in [5.41, 5.74) is 6.20. The number of piperidine rings is 1. The van der Waals surface area contributed by atoms with Gasteiger partial charge in [0, 0.05) is 24.0 Å². The highest BCUT2D eigenvalue weighted by molar-refractivity contribution is 5.91. The van der Waals surface area contributed by atoms with Crippen LogP contribution in [-0.2, 0) is 0 Å². The first-order chi connectivity index (χ1) is 14.8. The van der Waals surface area contributed by atoms with Gasteiger partial charge in [-0.3, -0.25) is 9.67 Å². The standard InChI is InChI=1S/C21H21N9/c1-12-10-30(11-24-12)21-18-15(6-9-23-21)26-20(27-18)19-17-16(28-29-19)3-2-14(25-17)13-4-7-22-8-5-13/h2-3,6,9-11,13,22H,4-5,7-8H2,1H3,(H,26,27)(H,28,29). The van der Waals surface area contributed by atoms with Gasteiger partial charge in [0.05, 0.1) is 16.7 Å². The quantitative estimate of drug-likeness (QED) is 0.430. The number of imidazole rings is 2. The largest absolute Gasteiger partial charge is 0.336 e. The fourth-order valence-electron chi connectivity index (χ4n) is 4.18. The van der Waals surface area contributed by atoms with Crippen molar-refractivity contribution in [1.82, 2.24) is 45.0 Å². The summed E-state index contributed by atoms with van der Waals surface area (Å²) >= 11 is 0. The summed E-state index contributed by atoms with van der Waals surface area (Å²) in [5, 5.41) is 11.0. The second-order valence-electron chi connectivity index (χ2n) is 7.77. The minimum Gasteiger partial charge on any atom is -0.336 e. The van der Waals surface area contributed by atoms with Crippen LogP contribution in [0.1, 0.15) is 30.1 Å². The van der Waals surface area contributed by atoms with E-state index in [0.717, 1.165) is 70.9 Å². The first-order valence-corrected chi connectivity index (χ1v) is 10.2. The van der Waals surface area contributed by atoms with Gasteiger partial charge in [-0.25, -0.2) is 19.9 Å². The van der Waals surface area contributed by atoms with Crippen molar-refractivity contribution < 1.29 is 0 Å². The SMILES string of the molecule is Cc1cn(-c2nccc3[nH]c(-c4n[nH]c5ccc(C6CCNCC6)nc45)nc23)cn1. The lowest BCUT2D eigenvalue weighted by Gasteiger charge is -2.22. The number of H-pyrrole nitrogens is 2. The number of aromatic amines is 2. The normalized spacial score (nSPS) is 15.4. The lowest BCUT2D eigenvalue weighted by molar-refractivity contribution is 0.454. The van der Waals surface area contributed by atoms with Crippen molar-refractivity contribution in [2.45, 2.75) is 25.7 Å². The summed E-state index contributed by atoms with van der Waals surface area (Å²) in [7, 11) is 0. The topological polar surface area (TPSA) is 113 Å². The lowest BCUT2D eigenvalue weighted by Crippen LogP contribution is -2.27. The Morgan fingerprint density at radius 3 is 2.73 bits per heavy atom. The summed E-state index contributed by atoms with van der Waals surface area (Å²) in [6, 6.07) is 6.10. The molecule has 5 aromatic rings. The maximum atomic E-state index is 4.98.